The van der Waals surface area contributed by atoms with E-state index in [1.807, 2.05) is 0 Å². The van der Waals surface area contributed by atoms with Crippen molar-refractivity contribution in [3.8, 4) is 0 Å². The summed E-state index contributed by atoms with van der Waals surface area (Å²) >= 11 is 0. The van der Waals surface area contributed by atoms with Crippen molar-refractivity contribution in [1.29, 1.82) is 0 Å². The Balaban J connectivity index is 2.72. The molecule has 2 aromatic rings. The van der Waals surface area contributed by atoms with Gasteiger partial charge in [-0.3, -0.25) is 9.59 Å². The number of alkyl halides is 5. The van der Waals surface area contributed by atoms with Crippen molar-refractivity contribution in [3.63, 3.8) is 0 Å². The van der Waals surface area contributed by atoms with E-state index in [-0.39, 0.29) is 24.0 Å². The lowest BCUT2D eigenvalue weighted by Gasteiger charge is -2.20. The van der Waals surface area contributed by atoms with Crippen LogP contribution in [0.2, 0.25) is 0 Å². The highest BCUT2D eigenvalue weighted by molar-refractivity contribution is 5.83. The van der Waals surface area contributed by atoms with E-state index in [0.717, 1.165) is 24.3 Å². The summed E-state index contributed by atoms with van der Waals surface area (Å²) in [6.45, 7) is 0. The largest absolute Gasteiger partial charge is 0.460 e. The monoisotopic (exact) mass is 350 g/mol. The first-order valence-corrected chi connectivity index (χ1v) is 6.25. The number of hydrogen-bond acceptors (Lipinski definition) is 2. The van der Waals surface area contributed by atoms with Crippen LogP contribution < -0.4 is 0 Å². The molecule has 10 heteroatoms. The summed E-state index contributed by atoms with van der Waals surface area (Å²) in [5, 5.41) is 0. The predicted molar refractivity (Wildman–Crippen MR) is 70.5 cm³/mol. The Morgan fingerprint density at radius 3 is 1.54 bits per heavy atom. The minimum atomic E-state index is -6.16. The summed E-state index contributed by atoms with van der Waals surface area (Å²) in [4.78, 5) is 25.7. The van der Waals surface area contributed by atoms with Gasteiger partial charge in [-0.25, -0.2) is 4.39 Å². The summed E-state index contributed by atoms with van der Waals surface area (Å²) in [6.07, 6.45) is -5.62. The Hall–Kier alpha value is -2.78. The third kappa shape index (κ3) is 2.99. The molecule has 0 saturated heterocycles. The van der Waals surface area contributed by atoms with Gasteiger partial charge in [0.25, 0.3) is 0 Å². The molecule has 0 spiro atoms. The fourth-order valence-electron chi connectivity index (χ4n) is 1.92. The zero-order valence-corrected chi connectivity index (χ0v) is 11.5. The van der Waals surface area contributed by atoms with Crippen molar-refractivity contribution in [2.45, 2.75) is 12.1 Å². The molecule has 0 fully saturated rings. The fourth-order valence-corrected chi connectivity index (χ4v) is 1.92. The van der Waals surface area contributed by atoms with Gasteiger partial charge < -0.3 is 9.97 Å². The van der Waals surface area contributed by atoms with Crippen LogP contribution in [0, 0.1) is 0 Å². The first-order chi connectivity index (χ1) is 11.1. The zero-order valence-electron chi connectivity index (χ0n) is 11.5. The number of hydrogen-bond donors (Lipinski definition) is 2. The number of rotatable bonds is 5. The molecule has 0 aliphatic rings. The molecule has 0 atom stereocenters. The molecule has 2 rings (SSSR count). The van der Waals surface area contributed by atoms with Gasteiger partial charge in [0.15, 0.2) is 18.4 Å². The van der Waals surface area contributed by atoms with E-state index in [1.54, 1.807) is 0 Å². The van der Waals surface area contributed by atoms with E-state index in [9.17, 15) is 35.9 Å². The van der Waals surface area contributed by atoms with E-state index in [1.165, 1.54) is 0 Å². The van der Waals surface area contributed by atoms with E-state index in [4.69, 9.17) is 0 Å². The molecule has 0 unspecified atom stereocenters. The minimum Gasteiger partial charge on any atom is -0.352 e. The minimum absolute atomic E-state index is 0.159. The lowest BCUT2D eigenvalue weighted by molar-refractivity contribution is -0.270. The molecule has 0 saturated carbocycles. The molecule has 0 radical (unpaired) electrons. The highest BCUT2D eigenvalue weighted by Gasteiger charge is 2.62. The van der Waals surface area contributed by atoms with Crippen LogP contribution in [0.3, 0.4) is 0 Å². The average molecular weight is 350 g/mol. The summed E-state index contributed by atoms with van der Waals surface area (Å²) in [7, 11) is 0. The van der Waals surface area contributed by atoms with Crippen molar-refractivity contribution >= 4 is 18.1 Å². The molecule has 2 N–H and O–H groups in total. The summed E-state index contributed by atoms with van der Waals surface area (Å²) in [5.41, 5.74) is -2.44. The first-order valence-electron chi connectivity index (χ1n) is 6.25. The molecule has 2 heterocycles. The SMILES string of the molecule is O=Cc1ccc(C(=C(F)C(F)(F)C(F)(F)F)c2ccc(C=O)[nH]2)[nH]1. The van der Waals surface area contributed by atoms with Crippen LogP contribution in [-0.4, -0.2) is 34.6 Å². The van der Waals surface area contributed by atoms with E-state index < -0.39 is 34.9 Å². The maximum Gasteiger partial charge on any atom is 0.460 e. The van der Waals surface area contributed by atoms with Crippen LogP contribution in [0.5, 0.6) is 0 Å². The summed E-state index contributed by atoms with van der Waals surface area (Å²) < 4.78 is 78.3. The third-order valence-corrected chi connectivity index (χ3v) is 3.06. The van der Waals surface area contributed by atoms with E-state index in [2.05, 4.69) is 9.97 Å². The molecule has 128 valence electrons. The molecule has 0 amide bonds. The average Bonchev–Trinajstić information content (AvgIpc) is 3.15. The highest BCUT2D eigenvalue weighted by atomic mass is 19.4. The van der Waals surface area contributed by atoms with Gasteiger partial charge in [0.2, 0.25) is 0 Å². The first kappa shape index (κ1) is 17.6. The Bertz CT molecular complexity index is 752. The number of H-pyrrole nitrogens is 2. The van der Waals surface area contributed by atoms with Gasteiger partial charge in [-0.15, -0.1) is 0 Å². The third-order valence-electron chi connectivity index (χ3n) is 3.06. The van der Waals surface area contributed by atoms with Crippen LogP contribution in [0.25, 0.3) is 5.57 Å². The fraction of sp³-hybridized carbons (Fsp3) is 0.143. The number of nitrogens with one attached hydrogen (secondary N) is 2. The van der Waals surface area contributed by atoms with E-state index in [0.29, 0.717) is 0 Å². The maximum atomic E-state index is 14.1. The van der Waals surface area contributed by atoms with Gasteiger partial charge in [-0.1, -0.05) is 0 Å². The molecule has 24 heavy (non-hydrogen) atoms. The number of aldehydes is 2. The number of aromatic nitrogens is 2. The quantitative estimate of drug-likeness (QED) is 0.635. The van der Waals surface area contributed by atoms with Crippen LogP contribution in [0.1, 0.15) is 32.4 Å². The standard InChI is InChI=1S/C14H8F6N2O2/c15-12(13(16,17)14(18,19)20)11(9-3-1-7(5-23)21-9)10-4-2-8(6-24)22-10/h1-6,21-22H. The normalized spacial score (nSPS) is 12.1. The number of carbonyl (C=O) groups is 2. The molecule has 0 aliphatic heterocycles. The lowest BCUT2D eigenvalue weighted by atomic mass is 10.0. The van der Waals surface area contributed by atoms with Crippen LogP contribution >= 0.6 is 0 Å². The van der Waals surface area contributed by atoms with Gasteiger partial charge >= 0.3 is 12.1 Å². The van der Waals surface area contributed by atoms with Crippen molar-refractivity contribution in [3.05, 3.63) is 52.9 Å². The van der Waals surface area contributed by atoms with Gasteiger partial charge in [0.1, 0.15) is 0 Å². The lowest BCUT2D eigenvalue weighted by Crippen LogP contribution is -2.37. The Kier molecular flexibility index (Phi) is 4.41. The number of halogens is 6. The van der Waals surface area contributed by atoms with Crippen molar-refractivity contribution < 1.29 is 35.9 Å². The van der Waals surface area contributed by atoms with Gasteiger partial charge in [0, 0.05) is 0 Å². The van der Waals surface area contributed by atoms with Crippen molar-refractivity contribution in [1.82, 2.24) is 9.97 Å². The maximum absolute atomic E-state index is 14.1. The predicted octanol–water partition coefficient (Wildman–Crippen LogP) is 3.89. The second-order valence-corrected chi connectivity index (χ2v) is 4.65. The molecule has 4 nitrogen and oxygen atoms in total. The van der Waals surface area contributed by atoms with Crippen LogP contribution in [0.15, 0.2) is 30.1 Å². The second-order valence-electron chi connectivity index (χ2n) is 4.65. The second kappa shape index (κ2) is 6.02. The molecular weight excluding hydrogens is 342 g/mol. The van der Waals surface area contributed by atoms with Crippen molar-refractivity contribution in [2.75, 3.05) is 0 Å². The topological polar surface area (TPSA) is 65.7 Å². The molecule has 2 aromatic heterocycles. The Morgan fingerprint density at radius 1 is 0.833 bits per heavy atom. The van der Waals surface area contributed by atoms with Gasteiger partial charge in [0.05, 0.1) is 28.3 Å². The zero-order chi connectivity index (χ0) is 18.1. The van der Waals surface area contributed by atoms with Crippen molar-refractivity contribution in [2.24, 2.45) is 0 Å². The van der Waals surface area contributed by atoms with Crippen LogP contribution in [-0.2, 0) is 0 Å². The number of aromatic amines is 2. The molecule has 0 aliphatic carbocycles. The summed E-state index contributed by atoms with van der Waals surface area (Å²) in [5.74, 6) is -8.53. The van der Waals surface area contributed by atoms with Gasteiger partial charge in [-0.2, -0.15) is 22.0 Å². The Morgan fingerprint density at radius 2 is 1.25 bits per heavy atom. The molecule has 0 aromatic carbocycles. The Labute approximate surface area is 130 Å². The molecule has 0 bridgehead atoms. The van der Waals surface area contributed by atoms with Crippen LogP contribution in [0.4, 0.5) is 26.3 Å². The number of carbonyl (C=O) groups excluding carboxylic acids is 2. The van der Waals surface area contributed by atoms with E-state index >= 15 is 0 Å². The highest BCUT2D eigenvalue weighted by Crippen LogP contribution is 2.45. The van der Waals surface area contributed by atoms with Gasteiger partial charge in [-0.05, 0) is 24.3 Å². The number of allylic oxidation sites excluding steroid dienone is 1. The summed E-state index contributed by atoms with van der Waals surface area (Å²) in [6, 6.07) is 4.08. The smallest absolute Gasteiger partial charge is 0.352 e. The molecular formula is C14H8F6N2O2.